The van der Waals surface area contributed by atoms with E-state index in [9.17, 15) is 8.78 Å². The Morgan fingerprint density at radius 1 is 1.52 bits per heavy atom. The molecule has 1 N–H and O–H groups in total. The molecule has 0 saturated carbocycles. The van der Waals surface area contributed by atoms with Crippen LogP contribution in [0.1, 0.15) is 5.69 Å². The number of azide groups is 1. The van der Waals surface area contributed by atoms with Gasteiger partial charge in [0, 0.05) is 10.5 Å². The summed E-state index contributed by atoms with van der Waals surface area (Å²) in [7, 11) is 0. The first-order valence-corrected chi connectivity index (χ1v) is 6.67. The van der Waals surface area contributed by atoms with Gasteiger partial charge in [0.25, 0.3) is 0 Å². The highest BCUT2D eigenvalue weighted by molar-refractivity contribution is 9.10. The van der Waals surface area contributed by atoms with Crippen LogP contribution >= 0.6 is 27.5 Å². The Bertz CT molecular complexity index is 702. The van der Waals surface area contributed by atoms with Crippen LogP contribution in [0.15, 0.2) is 27.8 Å². The minimum Gasteiger partial charge on any atom is -0.316 e. The molecule has 0 bridgehead atoms. The molecule has 0 fully saturated rings. The van der Waals surface area contributed by atoms with E-state index in [2.05, 4.69) is 40.9 Å². The molecule has 0 aliphatic carbocycles. The number of aromatic amines is 1. The van der Waals surface area contributed by atoms with Crippen molar-refractivity contribution >= 4 is 33.2 Å². The van der Waals surface area contributed by atoms with Crippen LogP contribution in [0.2, 0.25) is 5.02 Å². The molecule has 2 rings (SSSR count). The fraction of sp³-hybridized carbons (Fsp3) is 0.182. The number of nitrogens with zero attached hydrogens (tertiary/aromatic N) is 4. The monoisotopic (exact) mass is 377 g/mol. The minimum absolute atomic E-state index is 0.247. The number of hydrogen-bond acceptors (Lipinski definition) is 3. The summed E-state index contributed by atoms with van der Waals surface area (Å²) in [5, 5.41) is 10.4. The SMILES string of the molecule is [N-]=[N+]=Nc1cc(-c2n[nH]c(COC(F)F)c2Br)ccc1Cl. The Labute approximate surface area is 130 Å². The third-order valence-corrected chi connectivity index (χ3v) is 3.68. The topological polar surface area (TPSA) is 86.7 Å². The van der Waals surface area contributed by atoms with Crippen molar-refractivity contribution in [3.8, 4) is 11.3 Å². The van der Waals surface area contributed by atoms with E-state index in [-0.39, 0.29) is 12.3 Å². The Balaban J connectivity index is 2.34. The molecule has 110 valence electrons. The number of alkyl halides is 2. The predicted octanol–water partition coefficient (Wildman–Crippen LogP) is 5.17. The van der Waals surface area contributed by atoms with Crippen LogP contribution < -0.4 is 0 Å². The standard InChI is InChI=1S/C11H7BrClF2N5O/c12-9-8(4-21-11(14)15)17-19-10(9)5-1-2-6(13)7(3-5)18-20-16/h1-3,11H,4H2,(H,17,19). The number of rotatable bonds is 5. The number of halogens is 4. The van der Waals surface area contributed by atoms with Crippen molar-refractivity contribution in [2.24, 2.45) is 5.11 Å². The van der Waals surface area contributed by atoms with Crippen LogP contribution in [0.5, 0.6) is 0 Å². The summed E-state index contributed by atoms with van der Waals surface area (Å²) >= 11 is 9.15. The second kappa shape index (κ2) is 6.86. The van der Waals surface area contributed by atoms with Crippen LogP contribution in [-0.4, -0.2) is 16.8 Å². The molecule has 0 saturated heterocycles. The molecule has 2 aromatic rings. The lowest BCUT2D eigenvalue weighted by Crippen LogP contribution is -1.99. The molecule has 0 radical (unpaired) electrons. The van der Waals surface area contributed by atoms with Crippen molar-refractivity contribution in [2.45, 2.75) is 13.2 Å². The van der Waals surface area contributed by atoms with Gasteiger partial charge in [0.2, 0.25) is 0 Å². The molecule has 10 heteroatoms. The molecule has 0 amide bonds. The van der Waals surface area contributed by atoms with E-state index >= 15 is 0 Å². The highest BCUT2D eigenvalue weighted by atomic mass is 79.9. The van der Waals surface area contributed by atoms with Gasteiger partial charge in [-0.3, -0.25) is 5.10 Å². The fourth-order valence-electron chi connectivity index (χ4n) is 1.58. The second-order valence-electron chi connectivity index (χ2n) is 3.79. The molecule has 6 nitrogen and oxygen atoms in total. The van der Waals surface area contributed by atoms with Crippen LogP contribution in [0, 0.1) is 0 Å². The molecular formula is C11H7BrClF2N5O. The smallest absolute Gasteiger partial charge is 0.316 e. The van der Waals surface area contributed by atoms with Crippen molar-refractivity contribution < 1.29 is 13.5 Å². The first-order valence-electron chi connectivity index (χ1n) is 5.50. The van der Waals surface area contributed by atoms with E-state index in [1.165, 1.54) is 0 Å². The van der Waals surface area contributed by atoms with Gasteiger partial charge in [0.1, 0.15) is 5.69 Å². The second-order valence-corrected chi connectivity index (χ2v) is 4.99. The summed E-state index contributed by atoms with van der Waals surface area (Å²) < 4.78 is 28.8. The number of nitrogens with one attached hydrogen (secondary N) is 1. The van der Waals surface area contributed by atoms with Crippen molar-refractivity contribution in [3.63, 3.8) is 0 Å². The van der Waals surface area contributed by atoms with Gasteiger partial charge < -0.3 is 4.74 Å². The zero-order valence-corrected chi connectivity index (χ0v) is 12.6. The van der Waals surface area contributed by atoms with Gasteiger partial charge in [-0.25, -0.2) is 0 Å². The number of benzene rings is 1. The van der Waals surface area contributed by atoms with Crippen LogP contribution in [0.25, 0.3) is 21.7 Å². The van der Waals surface area contributed by atoms with Crippen LogP contribution in [-0.2, 0) is 11.3 Å². The van der Waals surface area contributed by atoms with Crippen LogP contribution in [0.3, 0.4) is 0 Å². The van der Waals surface area contributed by atoms with E-state index in [4.69, 9.17) is 17.1 Å². The number of ether oxygens (including phenoxy) is 1. The average Bonchev–Trinajstić information content (AvgIpc) is 2.80. The Morgan fingerprint density at radius 3 is 2.95 bits per heavy atom. The third kappa shape index (κ3) is 3.70. The van der Waals surface area contributed by atoms with Gasteiger partial charge in [-0.2, -0.15) is 13.9 Å². The Kier molecular flexibility index (Phi) is 5.13. The number of H-pyrrole nitrogens is 1. The highest BCUT2D eigenvalue weighted by Crippen LogP contribution is 2.34. The number of hydrogen-bond donors (Lipinski definition) is 1. The van der Waals surface area contributed by atoms with Gasteiger partial charge in [0.15, 0.2) is 0 Å². The van der Waals surface area contributed by atoms with E-state index < -0.39 is 6.61 Å². The molecule has 21 heavy (non-hydrogen) atoms. The van der Waals surface area contributed by atoms with E-state index in [0.717, 1.165) is 0 Å². The van der Waals surface area contributed by atoms with Gasteiger partial charge >= 0.3 is 6.61 Å². The van der Waals surface area contributed by atoms with Crippen molar-refractivity contribution in [1.82, 2.24) is 10.2 Å². The average molecular weight is 379 g/mol. The van der Waals surface area contributed by atoms with E-state index in [1.54, 1.807) is 18.2 Å². The molecule has 0 atom stereocenters. The summed E-state index contributed by atoms with van der Waals surface area (Å²) in [5.41, 5.74) is 10.2. The lowest BCUT2D eigenvalue weighted by Gasteiger charge is -2.03. The summed E-state index contributed by atoms with van der Waals surface area (Å²) in [6.45, 7) is -3.18. The zero-order chi connectivity index (χ0) is 15.4. The first kappa shape index (κ1) is 15.7. The molecule has 1 aromatic carbocycles. The van der Waals surface area contributed by atoms with Crippen molar-refractivity contribution in [3.05, 3.63) is 43.8 Å². The lowest BCUT2D eigenvalue weighted by atomic mass is 10.1. The summed E-state index contributed by atoms with van der Waals surface area (Å²) in [6, 6.07) is 4.76. The minimum atomic E-state index is -2.87. The maximum atomic E-state index is 12.0. The Hall–Kier alpha value is -1.67. The maximum absolute atomic E-state index is 12.0. The Morgan fingerprint density at radius 2 is 2.29 bits per heavy atom. The molecular weight excluding hydrogens is 372 g/mol. The van der Waals surface area contributed by atoms with Crippen LogP contribution in [0.4, 0.5) is 14.5 Å². The highest BCUT2D eigenvalue weighted by Gasteiger charge is 2.15. The summed E-state index contributed by atoms with van der Waals surface area (Å²) in [6.07, 6.45) is 0. The van der Waals surface area contributed by atoms with Gasteiger partial charge in [-0.1, -0.05) is 22.8 Å². The number of aromatic nitrogens is 2. The fourth-order valence-corrected chi connectivity index (χ4v) is 2.26. The third-order valence-electron chi connectivity index (χ3n) is 2.50. The molecule has 0 spiro atoms. The molecule has 0 aliphatic rings. The van der Waals surface area contributed by atoms with Gasteiger partial charge in [-0.05, 0) is 33.6 Å². The quantitative estimate of drug-likeness (QED) is 0.442. The predicted molar refractivity (Wildman–Crippen MR) is 76.3 cm³/mol. The van der Waals surface area contributed by atoms with Crippen molar-refractivity contribution in [1.29, 1.82) is 0 Å². The van der Waals surface area contributed by atoms with Crippen molar-refractivity contribution in [2.75, 3.05) is 0 Å². The van der Waals surface area contributed by atoms with Gasteiger partial charge in [-0.15, -0.1) is 0 Å². The molecule has 0 unspecified atom stereocenters. The summed E-state index contributed by atoms with van der Waals surface area (Å²) in [5.74, 6) is 0. The van der Waals surface area contributed by atoms with Gasteiger partial charge in [0.05, 0.1) is 27.5 Å². The van der Waals surface area contributed by atoms with E-state index in [0.29, 0.717) is 26.4 Å². The maximum Gasteiger partial charge on any atom is 0.345 e. The lowest BCUT2D eigenvalue weighted by molar-refractivity contribution is -0.138. The summed E-state index contributed by atoms with van der Waals surface area (Å²) in [4.78, 5) is 2.68. The molecule has 0 aliphatic heterocycles. The first-order chi connectivity index (χ1) is 10.0. The normalized spacial score (nSPS) is 10.7. The molecule has 1 aromatic heterocycles. The zero-order valence-electron chi connectivity index (χ0n) is 10.2. The van der Waals surface area contributed by atoms with E-state index in [1.807, 2.05) is 0 Å². The largest absolute Gasteiger partial charge is 0.345 e. The molecule has 1 heterocycles.